The number of carbonyl (C=O) groups excluding carboxylic acids is 1. The predicted octanol–water partition coefficient (Wildman–Crippen LogP) is 2.70. The molecule has 5 heteroatoms. The maximum absolute atomic E-state index is 11.1. The Morgan fingerprint density at radius 1 is 1.46 bits per heavy atom. The zero-order valence-corrected chi connectivity index (χ0v) is 9.85. The molecule has 70 valence electrons. The van der Waals surface area contributed by atoms with E-state index in [-0.39, 0.29) is 11.3 Å². The largest absolute Gasteiger partial charge is 0.506 e. The fourth-order valence-electron chi connectivity index (χ4n) is 0.815. The first-order valence-electron chi connectivity index (χ1n) is 3.33. The minimum absolute atomic E-state index is 0.124. The molecule has 0 bridgehead atoms. The Morgan fingerprint density at radius 3 is 2.62 bits per heavy atom. The van der Waals surface area contributed by atoms with Gasteiger partial charge in [-0.2, -0.15) is 0 Å². The molecule has 0 heterocycles. The zero-order chi connectivity index (χ0) is 10.0. The van der Waals surface area contributed by atoms with Gasteiger partial charge >= 0.3 is 5.97 Å². The van der Waals surface area contributed by atoms with Crippen LogP contribution in [0.2, 0.25) is 0 Å². The lowest BCUT2D eigenvalue weighted by atomic mass is 10.2. The Hall–Kier alpha value is -0.550. The van der Waals surface area contributed by atoms with E-state index in [1.807, 2.05) is 0 Å². The van der Waals surface area contributed by atoms with Crippen molar-refractivity contribution in [2.75, 3.05) is 7.11 Å². The molecule has 1 aromatic carbocycles. The fraction of sp³-hybridized carbons (Fsp3) is 0.125. The number of hydrogen-bond acceptors (Lipinski definition) is 3. The highest BCUT2D eigenvalue weighted by atomic mass is 79.9. The van der Waals surface area contributed by atoms with Gasteiger partial charge in [-0.1, -0.05) is 0 Å². The van der Waals surface area contributed by atoms with Gasteiger partial charge in [-0.25, -0.2) is 4.79 Å². The molecule has 0 aliphatic carbocycles. The van der Waals surface area contributed by atoms with Crippen LogP contribution in [-0.2, 0) is 4.74 Å². The number of phenolic OH excluding ortho intramolecular Hbond substituents is 1. The zero-order valence-electron chi connectivity index (χ0n) is 6.67. The molecule has 0 aliphatic heterocycles. The summed E-state index contributed by atoms with van der Waals surface area (Å²) in [6.45, 7) is 0. The molecule has 0 radical (unpaired) electrons. The van der Waals surface area contributed by atoms with E-state index in [1.165, 1.54) is 13.2 Å². The van der Waals surface area contributed by atoms with E-state index in [4.69, 9.17) is 0 Å². The highest BCUT2D eigenvalue weighted by molar-refractivity contribution is 9.13. The minimum atomic E-state index is -0.564. The van der Waals surface area contributed by atoms with Gasteiger partial charge in [0.05, 0.1) is 11.6 Å². The van der Waals surface area contributed by atoms with Gasteiger partial charge in [0.1, 0.15) is 11.3 Å². The van der Waals surface area contributed by atoms with Gasteiger partial charge in [0.2, 0.25) is 0 Å². The van der Waals surface area contributed by atoms with Crippen LogP contribution in [0.15, 0.2) is 21.1 Å². The van der Waals surface area contributed by atoms with Crippen molar-refractivity contribution in [2.24, 2.45) is 0 Å². The number of phenols is 1. The molecule has 0 aliphatic rings. The van der Waals surface area contributed by atoms with Gasteiger partial charge in [0, 0.05) is 4.47 Å². The van der Waals surface area contributed by atoms with E-state index in [9.17, 15) is 9.90 Å². The van der Waals surface area contributed by atoms with Crippen LogP contribution in [0.1, 0.15) is 10.4 Å². The molecule has 0 spiro atoms. The Morgan fingerprint density at radius 2 is 2.08 bits per heavy atom. The highest BCUT2D eigenvalue weighted by Crippen LogP contribution is 2.34. The van der Waals surface area contributed by atoms with Gasteiger partial charge in [0.15, 0.2) is 0 Å². The molecule has 0 saturated carbocycles. The first-order chi connectivity index (χ1) is 6.07. The van der Waals surface area contributed by atoms with Crippen molar-refractivity contribution < 1.29 is 14.6 Å². The Bertz CT molecular complexity index is 349. The third-order valence-electron chi connectivity index (χ3n) is 1.47. The summed E-state index contributed by atoms with van der Waals surface area (Å²) in [7, 11) is 1.26. The molecule has 0 unspecified atom stereocenters. The molecule has 1 N–H and O–H groups in total. The third-order valence-corrected chi connectivity index (χ3v) is 3.47. The second-order valence-corrected chi connectivity index (χ2v) is 3.90. The lowest BCUT2D eigenvalue weighted by Gasteiger charge is -2.05. The molecule has 0 fully saturated rings. The van der Waals surface area contributed by atoms with Gasteiger partial charge in [0.25, 0.3) is 0 Å². The summed E-state index contributed by atoms with van der Waals surface area (Å²) in [6.07, 6.45) is 0. The van der Waals surface area contributed by atoms with Gasteiger partial charge in [-0.15, -0.1) is 0 Å². The lowest BCUT2D eigenvalue weighted by molar-refractivity contribution is 0.0597. The molecule has 0 aromatic heterocycles. The normalized spacial score (nSPS) is 9.77. The van der Waals surface area contributed by atoms with Crippen LogP contribution in [0.3, 0.4) is 0 Å². The molecule has 1 rings (SSSR count). The van der Waals surface area contributed by atoms with Gasteiger partial charge < -0.3 is 9.84 Å². The van der Waals surface area contributed by atoms with Crippen molar-refractivity contribution in [1.29, 1.82) is 0 Å². The summed E-state index contributed by atoms with van der Waals surface area (Å²) < 4.78 is 5.60. The Labute approximate surface area is 92.0 Å². The van der Waals surface area contributed by atoms with Crippen LogP contribution in [0, 0.1) is 0 Å². The van der Waals surface area contributed by atoms with Crippen LogP contribution < -0.4 is 0 Å². The molecule has 0 saturated heterocycles. The summed E-state index contributed by atoms with van der Waals surface area (Å²) in [6, 6.07) is 3.13. The van der Waals surface area contributed by atoms with Crippen molar-refractivity contribution in [3.05, 3.63) is 26.6 Å². The number of methoxy groups -OCH3 is 1. The minimum Gasteiger partial charge on any atom is -0.506 e. The molecular weight excluding hydrogens is 304 g/mol. The summed E-state index contributed by atoms with van der Waals surface area (Å²) in [5.41, 5.74) is 0.137. The molecular formula is C8H6Br2O3. The number of benzene rings is 1. The Balaban J connectivity index is 3.26. The average Bonchev–Trinajstić information content (AvgIpc) is 2.13. The molecule has 1 aromatic rings. The number of aromatic hydroxyl groups is 1. The standard InChI is InChI=1S/C8H6Br2O3/c1-13-8(12)4-2-3-5(9)6(10)7(4)11/h2-3,11H,1H3. The first-order valence-corrected chi connectivity index (χ1v) is 4.91. The van der Waals surface area contributed by atoms with Gasteiger partial charge in [-0.3, -0.25) is 0 Å². The maximum Gasteiger partial charge on any atom is 0.341 e. The van der Waals surface area contributed by atoms with Crippen LogP contribution >= 0.6 is 31.9 Å². The maximum atomic E-state index is 11.1. The summed E-state index contributed by atoms with van der Waals surface area (Å²) in [5.74, 6) is -0.688. The lowest BCUT2D eigenvalue weighted by Crippen LogP contribution is -2.01. The molecule has 0 amide bonds. The second kappa shape index (κ2) is 4.11. The first kappa shape index (κ1) is 10.5. The quantitative estimate of drug-likeness (QED) is 0.811. The number of ether oxygens (including phenoxy) is 1. The van der Waals surface area contributed by atoms with E-state index >= 15 is 0 Å². The summed E-state index contributed by atoms with van der Waals surface area (Å²) in [5, 5.41) is 9.50. The van der Waals surface area contributed by atoms with Crippen molar-refractivity contribution in [1.82, 2.24) is 0 Å². The summed E-state index contributed by atoms with van der Waals surface area (Å²) in [4.78, 5) is 11.1. The predicted molar refractivity (Wildman–Crippen MR) is 54.8 cm³/mol. The molecule has 13 heavy (non-hydrogen) atoms. The second-order valence-electron chi connectivity index (χ2n) is 2.25. The number of esters is 1. The Kier molecular flexibility index (Phi) is 3.33. The van der Waals surface area contributed by atoms with Crippen LogP contribution in [0.25, 0.3) is 0 Å². The summed E-state index contributed by atoms with van der Waals surface area (Å²) >= 11 is 6.32. The smallest absolute Gasteiger partial charge is 0.341 e. The van der Waals surface area contributed by atoms with Gasteiger partial charge in [-0.05, 0) is 44.0 Å². The SMILES string of the molecule is COC(=O)c1ccc(Br)c(Br)c1O. The molecule has 0 atom stereocenters. The van der Waals surface area contributed by atoms with Crippen molar-refractivity contribution >= 4 is 37.8 Å². The van der Waals surface area contributed by atoms with Crippen molar-refractivity contribution in [3.63, 3.8) is 0 Å². The van der Waals surface area contributed by atoms with Crippen LogP contribution in [0.4, 0.5) is 0 Å². The van der Waals surface area contributed by atoms with E-state index in [0.29, 0.717) is 8.95 Å². The molecule has 3 nitrogen and oxygen atoms in total. The third kappa shape index (κ3) is 2.03. The average molecular weight is 310 g/mol. The highest BCUT2D eigenvalue weighted by Gasteiger charge is 2.15. The monoisotopic (exact) mass is 308 g/mol. The van der Waals surface area contributed by atoms with Crippen LogP contribution in [-0.4, -0.2) is 18.2 Å². The van der Waals surface area contributed by atoms with E-state index in [2.05, 4.69) is 36.6 Å². The van der Waals surface area contributed by atoms with Crippen molar-refractivity contribution in [2.45, 2.75) is 0 Å². The van der Waals surface area contributed by atoms with Crippen LogP contribution in [0.5, 0.6) is 5.75 Å². The van der Waals surface area contributed by atoms with E-state index in [1.54, 1.807) is 6.07 Å². The number of rotatable bonds is 1. The van der Waals surface area contributed by atoms with E-state index < -0.39 is 5.97 Å². The number of hydrogen-bond donors (Lipinski definition) is 1. The topological polar surface area (TPSA) is 46.5 Å². The fourth-order valence-corrected chi connectivity index (χ4v) is 1.48. The van der Waals surface area contributed by atoms with E-state index in [0.717, 1.165) is 0 Å². The van der Waals surface area contributed by atoms with Crippen molar-refractivity contribution in [3.8, 4) is 5.75 Å². The number of carbonyl (C=O) groups is 1. The number of halogens is 2.